The molecule has 0 spiro atoms. The van der Waals surface area contributed by atoms with Gasteiger partial charge < -0.3 is 9.84 Å². The molecule has 1 aliphatic heterocycles. The molecule has 0 amide bonds. The lowest BCUT2D eigenvalue weighted by Crippen LogP contribution is -2.38. The van der Waals surface area contributed by atoms with Crippen molar-refractivity contribution in [1.82, 2.24) is 4.90 Å². The molecule has 1 N–H and O–H groups in total. The summed E-state index contributed by atoms with van der Waals surface area (Å²) in [5, 5.41) is 9.61. The van der Waals surface area contributed by atoms with Crippen LogP contribution in [0.4, 0.5) is 0 Å². The van der Waals surface area contributed by atoms with Gasteiger partial charge in [0.25, 0.3) is 0 Å². The van der Waals surface area contributed by atoms with E-state index in [0.717, 1.165) is 42.7 Å². The number of piperidine rings is 1. The molecular weight excluding hydrogens is 346 g/mol. The maximum Gasteiger partial charge on any atom is 0.306 e. The second-order valence-electron chi connectivity index (χ2n) is 4.88. The Hall–Kier alpha value is -0.780. The third-order valence-electron chi connectivity index (χ3n) is 3.50. The fourth-order valence-corrected chi connectivity index (χ4v) is 3.08. The number of hydrogen-bond donors (Lipinski definition) is 1. The average Bonchev–Trinajstić information content (AvgIpc) is 2.42. The molecule has 2 rings (SSSR count). The highest BCUT2D eigenvalue weighted by Gasteiger charge is 2.24. The summed E-state index contributed by atoms with van der Waals surface area (Å²) < 4.78 is 6.55. The van der Waals surface area contributed by atoms with Crippen LogP contribution in [-0.4, -0.2) is 42.2 Å². The van der Waals surface area contributed by atoms with Gasteiger partial charge in [0.15, 0.2) is 0 Å². The van der Waals surface area contributed by atoms with Gasteiger partial charge >= 0.3 is 5.97 Å². The Morgan fingerprint density at radius 2 is 2.15 bits per heavy atom. The summed E-state index contributed by atoms with van der Waals surface area (Å²) in [6, 6.07) is 5.43. The number of carboxylic acid groups (broad SMARTS) is 1. The smallest absolute Gasteiger partial charge is 0.306 e. The van der Waals surface area contributed by atoms with Gasteiger partial charge in [0.2, 0.25) is 0 Å². The quantitative estimate of drug-likeness (QED) is 0.873. The van der Waals surface area contributed by atoms with Crippen LogP contribution in [0.3, 0.4) is 0 Å². The molecule has 0 radical (unpaired) electrons. The Morgan fingerprint density at radius 1 is 1.45 bits per heavy atom. The number of likely N-dealkylation sites (tertiary alicyclic amines) is 1. The summed E-state index contributed by atoms with van der Waals surface area (Å²) in [5.41, 5.74) is 0. The molecule has 0 saturated carbocycles. The second-order valence-corrected chi connectivity index (χ2v) is 6.17. The lowest BCUT2D eigenvalue weighted by Gasteiger charge is -2.29. The number of carbonyl (C=O) groups is 1. The predicted octanol–water partition coefficient (Wildman–Crippen LogP) is 3.28. The first-order valence-electron chi connectivity index (χ1n) is 6.59. The fourth-order valence-electron chi connectivity index (χ4n) is 2.28. The van der Waals surface area contributed by atoms with Crippen LogP contribution in [0.1, 0.15) is 12.8 Å². The first-order valence-corrected chi connectivity index (χ1v) is 7.76. The van der Waals surface area contributed by atoms with Crippen LogP contribution < -0.4 is 4.74 Å². The molecule has 1 saturated heterocycles. The normalized spacial score (nSPS) is 17.1. The molecule has 4 nitrogen and oxygen atoms in total. The van der Waals surface area contributed by atoms with Crippen LogP contribution in [-0.2, 0) is 4.79 Å². The van der Waals surface area contributed by atoms with Gasteiger partial charge in [-0.15, -0.1) is 0 Å². The zero-order valence-electron chi connectivity index (χ0n) is 11.0. The summed E-state index contributed by atoms with van der Waals surface area (Å²) in [6.45, 7) is 3.03. The molecule has 1 aromatic carbocycles. The molecule has 20 heavy (non-hydrogen) atoms. The molecular formula is C14H17BrClNO3. The summed E-state index contributed by atoms with van der Waals surface area (Å²) >= 11 is 9.28. The monoisotopic (exact) mass is 361 g/mol. The molecule has 0 aliphatic carbocycles. The summed E-state index contributed by atoms with van der Waals surface area (Å²) in [7, 11) is 0. The van der Waals surface area contributed by atoms with E-state index in [1.165, 1.54) is 0 Å². The van der Waals surface area contributed by atoms with Crippen LogP contribution in [0.5, 0.6) is 5.75 Å². The van der Waals surface area contributed by atoms with E-state index in [1.54, 1.807) is 12.1 Å². The van der Waals surface area contributed by atoms with E-state index in [9.17, 15) is 4.79 Å². The lowest BCUT2D eigenvalue weighted by atomic mass is 9.97. The highest BCUT2D eigenvalue weighted by Crippen LogP contribution is 2.28. The van der Waals surface area contributed by atoms with Crippen molar-refractivity contribution in [3.8, 4) is 5.75 Å². The number of aliphatic carboxylic acids is 1. The van der Waals surface area contributed by atoms with Gasteiger partial charge in [-0.3, -0.25) is 9.69 Å². The van der Waals surface area contributed by atoms with Crippen molar-refractivity contribution >= 4 is 33.5 Å². The van der Waals surface area contributed by atoms with Crippen molar-refractivity contribution < 1.29 is 14.6 Å². The van der Waals surface area contributed by atoms with Gasteiger partial charge in [0.05, 0.1) is 10.4 Å². The lowest BCUT2D eigenvalue weighted by molar-refractivity contribution is -0.143. The molecule has 1 heterocycles. The number of ether oxygens (including phenoxy) is 1. The van der Waals surface area contributed by atoms with E-state index in [4.69, 9.17) is 21.4 Å². The molecule has 0 unspecified atom stereocenters. The minimum absolute atomic E-state index is 0.183. The zero-order valence-corrected chi connectivity index (χ0v) is 13.4. The van der Waals surface area contributed by atoms with E-state index in [0.29, 0.717) is 11.6 Å². The standard InChI is InChI=1S/C14H17BrClNO3/c15-12-9-11(16)1-2-13(12)20-8-7-17-5-3-10(4-6-17)14(18)19/h1-2,9-10H,3-8H2,(H,18,19). The Balaban J connectivity index is 1.73. The maximum atomic E-state index is 10.9. The Labute approximate surface area is 131 Å². The number of hydrogen-bond acceptors (Lipinski definition) is 3. The maximum absolute atomic E-state index is 10.9. The Bertz CT molecular complexity index is 475. The highest BCUT2D eigenvalue weighted by atomic mass is 79.9. The van der Waals surface area contributed by atoms with E-state index in [2.05, 4.69) is 20.8 Å². The highest BCUT2D eigenvalue weighted by molar-refractivity contribution is 9.10. The molecule has 0 atom stereocenters. The third kappa shape index (κ3) is 4.36. The average molecular weight is 363 g/mol. The number of halogens is 2. The van der Waals surface area contributed by atoms with E-state index < -0.39 is 5.97 Å². The summed E-state index contributed by atoms with van der Waals surface area (Å²) in [6.07, 6.45) is 1.44. The molecule has 0 bridgehead atoms. The molecule has 1 aliphatic rings. The van der Waals surface area contributed by atoms with Crippen molar-refractivity contribution in [3.05, 3.63) is 27.7 Å². The van der Waals surface area contributed by atoms with E-state index in [1.807, 2.05) is 6.07 Å². The molecule has 1 aromatic rings. The van der Waals surface area contributed by atoms with Gasteiger partial charge in [0.1, 0.15) is 12.4 Å². The minimum Gasteiger partial charge on any atom is -0.491 e. The van der Waals surface area contributed by atoms with Gasteiger partial charge in [0, 0.05) is 11.6 Å². The zero-order chi connectivity index (χ0) is 14.5. The molecule has 0 aromatic heterocycles. The van der Waals surface area contributed by atoms with Gasteiger partial charge in [-0.1, -0.05) is 11.6 Å². The summed E-state index contributed by atoms with van der Waals surface area (Å²) in [5.74, 6) is -0.0848. The van der Waals surface area contributed by atoms with Crippen molar-refractivity contribution in [2.24, 2.45) is 5.92 Å². The number of carboxylic acids is 1. The van der Waals surface area contributed by atoms with Crippen LogP contribution in [0.2, 0.25) is 5.02 Å². The van der Waals surface area contributed by atoms with Gasteiger partial charge in [-0.25, -0.2) is 0 Å². The van der Waals surface area contributed by atoms with Crippen LogP contribution in [0.25, 0.3) is 0 Å². The first kappa shape index (κ1) is 15.6. The number of rotatable bonds is 5. The topological polar surface area (TPSA) is 49.8 Å². The van der Waals surface area contributed by atoms with Crippen LogP contribution >= 0.6 is 27.5 Å². The van der Waals surface area contributed by atoms with E-state index in [-0.39, 0.29) is 5.92 Å². The van der Waals surface area contributed by atoms with Crippen molar-refractivity contribution in [1.29, 1.82) is 0 Å². The van der Waals surface area contributed by atoms with E-state index >= 15 is 0 Å². The largest absolute Gasteiger partial charge is 0.491 e. The van der Waals surface area contributed by atoms with Gasteiger partial charge in [-0.05, 0) is 60.1 Å². The second kappa shape index (κ2) is 7.29. The Kier molecular flexibility index (Phi) is 5.69. The number of benzene rings is 1. The molecule has 1 fully saturated rings. The summed E-state index contributed by atoms with van der Waals surface area (Å²) in [4.78, 5) is 13.1. The fraction of sp³-hybridized carbons (Fsp3) is 0.500. The Morgan fingerprint density at radius 3 is 2.75 bits per heavy atom. The van der Waals surface area contributed by atoms with Crippen molar-refractivity contribution in [3.63, 3.8) is 0 Å². The van der Waals surface area contributed by atoms with Crippen molar-refractivity contribution in [2.75, 3.05) is 26.2 Å². The molecule has 6 heteroatoms. The third-order valence-corrected chi connectivity index (χ3v) is 4.35. The van der Waals surface area contributed by atoms with Crippen LogP contribution in [0.15, 0.2) is 22.7 Å². The predicted molar refractivity (Wildman–Crippen MR) is 81.4 cm³/mol. The number of nitrogens with zero attached hydrogens (tertiary/aromatic N) is 1. The van der Waals surface area contributed by atoms with Gasteiger partial charge in [-0.2, -0.15) is 0 Å². The SMILES string of the molecule is O=C(O)C1CCN(CCOc2ccc(Cl)cc2Br)CC1. The van der Waals surface area contributed by atoms with Crippen LogP contribution in [0, 0.1) is 5.92 Å². The minimum atomic E-state index is -0.675. The molecule has 110 valence electrons. The van der Waals surface area contributed by atoms with Crippen molar-refractivity contribution in [2.45, 2.75) is 12.8 Å². The first-order chi connectivity index (χ1) is 9.56.